The highest BCUT2D eigenvalue weighted by molar-refractivity contribution is 5.91. The van der Waals surface area contributed by atoms with Crippen molar-refractivity contribution in [2.45, 2.75) is 58.8 Å². The molecule has 0 spiro atoms. The van der Waals surface area contributed by atoms with E-state index in [0.29, 0.717) is 12.8 Å². The van der Waals surface area contributed by atoms with Crippen LogP contribution < -0.4 is 0 Å². The Hall–Kier alpha value is -2.37. The molecule has 1 saturated heterocycles. The highest BCUT2D eigenvalue weighted by Crippen LogP contribution is 2.36. The molecule has 25 heavy (non-hydrogen) atoms. The zero-order valence-electron chi connectivity index (χ0n) is 15.0. The Kier molecular flexibility index (Phi) is 5.82. The Labute approximate surface area is 147 Å². The lowest BCUT2D eigenvalue weighted by molar-refractivity contribution is -0.148. The molecule has 2 rings (SSSR count). The molecule has 1 fully saturated rings. The highest BCUT2D eigenvalue weighted by atomic mass is 16.6. The maximum atomic E-state index is 12.0. The molecule has 136 valence electrons. The average Bonchev–Trinajstić information content (AvgIpc) is 2.75. The van der Waals surface area contributed by atoms with E-state index in [1.165, 1.54) is 13.8 Å². The molecule has 1 heterocycles. The molecule has 0 unspecified atom stereocenters. The molecule has 6 heteroatoms. The van der Waals surface area contributed by atoms with Gasteiger partial charge in [-0.25, -0.2) is 4.79 Å². The normalized spacial score (nSPS) is 33.9. The fraction of sp³-hybridized carbons (Fsp3) is 0.526. The maximum Gasteiger partial charge on any atom is 0.334 e. The number of esters is 3. The van der Waals surface area contributed by atoms with E-state index in [0.717, 1.165) is 11.1 Å². The van der Waals surface area contributed by atoms with Crippen LogP contribution in [0.5, 0.6) is 0 Å². The van der Waals surface area contributed by atoms with Crippen molar-refractivity contribution >= 4 is 17.9 Å². The molecular weight excluding hydrogens is 324 g/mol. The van der Waals surface area contributed by atoms with Gasteiger partial charge in [-0.3, -0.25) is 9.59 Å². The zero-order valence-corrected chi connectivity index (χ0v) is 15.0. The van der Waals surface area contributed by atoms with Crippen molar-refractivity contribution in [3.8, 4) is 0 Å². The van der Waals surface area contributed by atoms with Gasteiger partial charge in [0, 0.05) is 32.3 Å². The smallest absolute Gasteiger partial charge is 0.334 e. The average molecular weight is 348 g/mol. The van der Waals surface area contributed by atoms with Gasteiger partial charge in [-0.15, -0.1) is 0 Å². The topological polar surface area (TPSA) is 78.9 Å². The van der Waals surface area contributed by atoms with Gasteiger partial charge in [-0.2, -0.15) is 0 Å². The van der Waals surface area contributed by atoms with Gasteiger partial charge in [-0.05, 0) is 25.5 Å². The number of hydrogen-bond acceptors (Lipinski definition) is 6. The molecule has 0 saturated carbocycles. The molecule has 4 atom stereocenters. The van der Waals surface area contributed by atoms with Crippen LogP contribution >= 0.6 is 0 Å². The zero-order chi connectivity index (χ0) is 18.7. The maximum absolute atomic E-state index is 12.0. The molecule has 6 nitrogen and oxygen atoms in total. The van der Waals surface area contributed by atoms with Gasteiger partial charge in [0.2, 0.25) is 0 Å². The van der Waals surface area contributed by atoms with Crippen LogP contribution in [0.3, 0.4) is 0 Å². The number of carbonyl (C=O) groups is 3. The first-order valence-electron chi connectivity index (χ1n) is 8.27. The van der Waals surface area contributed by atoms with Crippen molar-refractivity contribution in [2.24, 2.45) is 5.92 Å². The molecule has 2 aliphatic rings. The number of fused-ring (bicyclic) bond motifs is 1. The molecule has 0 radical (unpaired) electrons. The first kappa shape index (κ1) is 19.0. The summed E-state index contributed by atoms with van der Waals surface area (Å²) in [6.45, 7) is 10.2. The summed E-state index contributed by atoms with van der Waals surface area (Å²) in [6, 6.07) is 0. The lowest BCUT2D eigenvalue weighted by Crippen LogP contribution is -2.33. The number of hydrogen-bond donors (Lipinski definition) is 0. The van der Waals surface area contributed by atoms with Crippen molar-refractivity contribution in [3.05, 3.63) is 35.5 Å². The SMILES string of the molecule is C=C1C(=O)O[C@H]2C/C(C)=C/C[C@@H](OC(C)=O)/C(C)=C/[C@@H](OC(C)=O)[C@@H]12. The summed E-state index contributed by atoms with van der Waals surface area (Å²) in [6.07, 6.45) is 3.13. The molecule has 0 bridgehead atoms. The minimum Gasteiger partial charge on any atom is -0.458 e. The van der Waals surface area contributed by atoms with Crippen LogP contribution in [-0.4, -0.2) is 36.2 Å². The second-order valence-corrected chi connectivity index (χ2v) is 6.57. The Morgan fingerprint density at radius 1 is 1.20 bits per heavy atom. The molecule has 0 aromatic rings. The standard InChI is InChI=1S/C19H24O6/c1-10-6-7-15(23-13(4)20)11(2)9-17(24-14(5)21)18-12(3)19(22)25-16(18)8-10/h6,9,15-18H,3,7-8H2,1-2,4-5H3/b10-6+,11-9+/t15-,16+,17-,18+/m1/s1. The van der Waals surface area contributed by atoms with E-state index in [2.05, 4.69) is 6.58 Å². The van der Waals surface area contributed by atoms with E-state index in [-0.39, 0.29) is 11.5 Å². The van der Waals surface area contributed by atoms with Gasteiger partial charge in [0.15, 0.2) is 0 Å². The van der Waals surface area contributed by atoms with Gasteiger partial charge in [0.05, 0.1) is 5.92 Å². The fourth-order valence-electron chi connectivity index (χ4n) is 3.23. The Morgan fingerprint density at radius 3 is 2.44 bits per heavy atom. The second kappa shape index (κ2) is 7.68. The molecule has 1 aliphatic carbocycles. The molecular formula is C19H24O6. The van der Waals surface area contributed by atoms with E-state index in [1.54, 1.807) is 6.08 Å². The fourth-order valence-corrected chi connectivity index (χ4v) is 3.23. The monoisotopic (exact) mass is 348 g/mol. The van der Waals surface area contributed by atoms with Gasteiger partial charge in [0.25, 0.3) is 0 Å². The summed E-state index contributed by atoms with van der Waals surface area (Å²) in [5.74, 6) is -1.78. The summed E-state index contributed by atoms with van der Waals surface area (Å²) in [4.78, 5) is 35.0. The number of ether oxygens (including phenoxy) is 3. The highest BCUT2D eigenvalue weighted by Gasteiger charge is 2.44. The van der Waals surface area contributed by atoms with Crippen LogP contribution in [0.2, 0.25) is 0 Å². The van der Waals surface area contributed by atoms with E-state index < -0.39 is 36.2 Å². The van der Waals surface area contributed by atoms with Crippen LogP contribution in [0.4, 0.5) is 0 Å². The quantitative estimate of drug-likeness (QED) is 0.330. The first-order valence-corrected chi connectivity index (χ1v) is 8.27. The minimum atomic E-state index is -0.703. The predicted octanol–water partition coefficient (Wildman–Crippen LogP) is 2.63. The Balaban J connectivity index is 2.46. The van der Waals surface area contributed by atoms with Crippen LogP contribution in [-0.2, 0) is 28.6 Å². The predicted molar refractivity (Wildman–Crippen MR) is 90.4 cm³/mol. The lowest BCUT2D eigenvalue weighted by Gasteiger charge is -2.27. The van der Waals surface area contributed by atoms with E-state index in [4.69, 9.17) is 14.2 Å². The van der Waals surface area contributed by atoms with Gasteiger partial charge in [-0.1, -0.05) is 18.2 Å². The Bertz CT molecular complexity index is 657. The van der Waals surface area contributed by atoms with E-state index in [9.17, 15) is 14.4 Å². The van der Waals surface area contributed by atoms with Crippen LogP contribution in [0, 0.1) is 5.92 Å². The van der Waals surface area contributed by atoms with Crippen molar-refractivity contribution in [1.82, 2.24) is 0 Å². The molecule has 0 aromatic heterocycles. The van der Waals surface area contributed by atoms with Crippen molar-refractivity contribution in [3.63, 3.8) is 0 Å². The summed E-state index contributed by atoms with van der Waals surface area (Å²) in [7, 11) is 0. The second-order valence-electron chi connectivity index (χ2n) is 6.57. The summed E-state index contributed by atoms with van der Waals surface area (Å²) in [5, 5.41) is 0. The molecule has 1 aliphatic heterocycles. The number of rotatable bonds is 2. The van der Waals surface area contributed by atoms with Crippen molar-refractivity contribution in [1.29, 1.82) is 0 Å². The third kappa shape index (κ3) is 4.59. The first-order chi connectivity index (χ1) is 11.7. The minimum absolute atomic E-state index is 0.290. The molecule has 0 N–H and O–H groups in total. The van der Waals surface area contributed by atoms with E-state index in [1.807, 2.05) is 19.9 Å². The van der Waals surface area contributed by atoms with Gasteiger partial charge in [0.1, 0.15) is 18.3 Å². The summed E-state index contributed by atoms with van der Waals surface area (Å²) < 4.78 is 16.3. The molecule has 0 aromatic carbocycles. The Morgan fingerprint density at radius 2 is 1.84 bits per heavy atom. The number of carbonyl (C=O) groups excluding carboxylic acids is 3. The van der Waals surface area contributed by atoms with E-state index >= 15 is 0 Å². The van der Waals surface area contributed by atoms with Crippen molar-refractivity contribution < 1.29 is 28.6 Å². The third-order valence-corrected chi connectivity index (χ3v) is 4.43. The summed E-state index contributed by atoms with van der Waals surface area (Å²) >= 11 is 0. The lowest BCUT2D eigenvalue weighted by atomic mass is 9.85. The van der Waals surface area contributed by atoms with Gasteiger partial charge >= 0.3 is 17.9 Å². The van der Waals surface area contributed by atoms with Crippen LogP contribution in [0.25, 0.3) is 0 Å². The third-order valence-electron chi connectivity index (χ3n) is 4.43. The summed E-state index contributed by atoms with van der Waals surface area (Å²) in [5.41, 5.74) is 2.04. The van der Waals surface area contributed by atoms with Gasteiger partial charge < -0.3 is 14.2 Å². The van der Waals surface area contributed by atoms with Crippen LogP contribution in [0.1, 0.15) is 40.5 Å². The molecule has 0 amide bonds. The van der Waals surface area contributed by atoms with Crippen molar-refractivity contribution in [2.75, 3.05) is 0 Å². The van der Waals surface area contributed by atoms with Crippen LogP contribution in [0.15, 0.2) is 35.5 Å². The largest absolute Gasteiger partial charge is 0.458 e.